The van der Waals surface area contributed by atoms with E-state index in [1.165, 1.54) is 12.8 Å². The van der Waals surface area contributed by atoms with E-state index in [0.29, 0.717) is 0 Å². The number of ether oxygens (including phenoxy) is 1. The van der Waals surface area contributed by atoms with Gasteiger partial charge in [-0.15, -0.1) is 0 Å². The zero-order valence-electron chi connectivity index (χ0n) is 10.1. The summed E-state index contributed by atoms with van der Waals surface area (Å²) in [5.74, 6) is 0.861. The first-order valence-corrected chi connectivity index (χ1v) is 6.31. The third kappa shape index (κ3) is 3.30. The summed E-state index contributed by atoms with van der Waals surface area (Å²) in [7, 11) is 1.67. The number of rotatable bonds is 4. The molecule has 0 aliphatic carbocycles. The SMILES string of the molecule is COc1ccc(C(=S)C=CN2CCCC2)cc1. The molecule has 1 aliphatic rings. The minimum Gasteiger partial charge on any atom is -0.497 e. The van der Waals surface area contributed by atoms with Gasteiger partial charge in [0.25, 0.3) is 0 Å². The normalized spacial score (nSPS) is 15.5. The number of nitrogens with zero attached hydrogens (tertiary/aromatic N) is 1. The van der Waals surface area contributed by atoms with Crippen molar-refractivity contribution in [1.29, 1.82) is 0 Å². The number of hydrogen-bond acceptors (Lipinski definition) is 3. The van der Waals surface area contributed by atoms with Gasteiger partial charge in [0.05, 0.1) is 7.11 Å². The van der Waals surface area contributed by atoms with Gasteiger partial charge in [-0.25, -0.2) is 0 Å². The highest BCUT2D eigenvalue weighted by molar-refractivity contribution is 7.81. The Hall–Kier alpha value is -1.35. The molecule has 2 nitrogen and oxygen atoms in total. The Balaban J connectivity index is 1.98. The van der Waals surface area contributed by atoms with Crippen LogP contribution in [0.25, 0.3) is 0 Å². The van der Waals surface area contributed by atoms with Gasteiger partial charge in [0, 0.05) is 24.2 Å². The molecule has 0 saturated carbocycles. The fourth-order valence-electron chi connectivity index (χ4n) is 1.92. The lowest BCUT2D eigenvalue weighted by Crippen LogP contribution is -2.11. The van der Waals surface area contributed by atoms with E-state index in [9.17, 15) is 0 Å². The van der Waals surface area contributed by atoms with Gasteiger partial charge in [-0.3, -0.25) is 0 Å². The van der Waals surface area contributed by atoms with E-state index in [2.05, 4.69) is 11.1 Å². The van der Waals surface area contributed by atoms with Crippen molar-refractivity contribution >= 4 is 17.1 Å². The molecule has 90 valence electrons. The second kappa shape index (κ2) is 5.82. The molecule has 1 aromatic rings. The average molecular weight is 247 g/mol. The lowest BCUT2D eigenvalue weighted by molar-refractivity contribution is 0.415. The van der Waals surface area contributed by atoms with E-state index in [1.54, 1.807) is 7.11 Å². The monoisotopic (exact) mass is 247 g/mol. The summed E-state index contributed by atoms with van der Waals surface area (Å²) in [6.45, 7) is 2.31. The molecule has 2 rings (SSSR count). The Morgan fingerprint density at radius 2 is 1.88 bits per heavy atom. The highest BCUT2D eigenvalue weighted by Gasteiger charge is 2.06. The molecule has 0 aromatic heterocycles. The number of hydrogen-bond donors (Lipinski definition) is 0. The molecule has 3 heteroatoms. The van der Waals surface area contributed by atoms with Crippen LogP contribution in [-0.2, 0) is 0 Å². The molecule has 1 aromatic carbocycles. The third-order valence-corrected chi connectivity index (χ3v) is 3.32. The van der Waals surface area contributed by atoms with Gasteiger partial charge >= 0.3 is 0 Å². The van der Waals surface area contributed by atoms with Crippen LogP contribution in [0.1, 0.15) is 18.4 Å². The number of allylic oxidation sites excluding steroid dienone is 1. The van der Waals surface area contributed by atoms with Crippen LogP contribution in [-0.4, -0.2) is 30.0 Å². The highest BCUT2D eigenvalue weighted by Crippen LogP contribution is 2.13. The second-order valence-corrected chi connectivity index (χ2v) is 4.59. The first kappa shape index (κ1) is 12.1. The molecule has 1 heterocycles. The number of benzene rings is 1. The quantitative estimate of drug-likeness (QED) is 0.461. The molecule has 1 fully saturated rings. The summed E-state index contributed by atoms with van der Waals surface area (Å²) in [5, 5.41) is 0. The zero-order chi connectivity index (χ0) is 12.1. The number of likely N-dealkylation sites (tertiary alicyclic amines) is 1. The molecule has 17 heavy (non-hydrogen) atoms. The molecule has 0 spiro atoms. The Morgan fingerprint density at radius 3 is 2.47 bits per heavy atom. The van der Waals surface area contributed by atoms with Gasteiger partial charge in [0.1, 0.15) is 5.75 Å². The van der Waals surface area contributed by atoms with E-state index in [-0.39, 0.29) is 0 Å². The van der Waals surface area contributed by atoms with Crippen molar-refractivity contribution in [3.63, 3.8) is 0 Å². The standard InChI is InChI=1S/C14H17NOS/c1-16-13-6-4-12(5-7-13)14(17)8-11-15-9-2-3-10-15/h4-8,11H,2-3,9-10H2,1H3. The van der Waals surface area contributed by atoms with Gasteiger partial charge < -0.3 is 9.64 Å². The number of methoxy groups -OCH3 is 1. The summed E-state index contributed by atoms with van der Waals surface area (Å²) in [6, 6.07) is 7.86. The van der Waals surface area contributed by atoms with Crippen LogP contribution in [0, 0.1) is 0 Å². The maximum Gasteiger partial charge on any atom is 0.118 e. The van der Waals surface area contributed by atoms with Crippen LogP contribution in [0.5, 0.6) is 5.75 Å². The Bertz CT molecular complexity index is 405. The third-order valence-electron chi connectivity index (χ3n) is 2.95. The fourth-order valence-corrected chi connectivity index (χ4v) is 2.11. The van der Waals surface area contributed by atoms with Gasteiger partial charge in [-0.2, -0.15) is 0 Å². The summed E-state index contributed by atoms with van der Waals surface area (Å²) >= 11 is 5.38. The first-order valence-electron chi connectivity index (χ1n) is 5.90. The zero-order valence-corrected chi connectivity index (χ0v) is 10.9. The smallest absolute Gasteiger partial charge is 0.118 e. The van der Waals surface area contributed by atoms with E-state index in [1.807, 2.05) is 30.3 Å². The van der Waals surface area contributed by atoms with E-state index < -0.39 is 0 Å². The van der Waals surface area contributed by atoms with Crippen molar-refractivity contribution in [2.75, 3.05) is 20.2 Å². The predicted octanol–water partition coefficient (Wildman–Crippen LogP) is 3.02. The van der Waals surface area contributed by atoms with Gasteiger partial charge in [-0.05, 0) is 48.7 Å². The average Bonchev–Trinajstić information content (AvgIpc) is 2.89. The topological polar surface area (TPSA) is 12.5 Å². The maximum atomic E-state index is 5.38. The minimum absolute atomic E-state index is 0.861. The molecule has 1 saturated heterocycles. The summed E-state index contributed by atoms with van der Waals surface area (Å²) in [4.78, 5) is 3.19. The van der Waals surface area contributed by atoms with Gasteiger partial charge in [0.15, 0.2) is 0 Å². The van der Waals surface area contributed by atoms with Crippen LogP contribution in [0.3, 0.4) is 0 Å². The van der Waals surface area contributed by atoms with E-state index in [0.717, 1.165) is 29.3 Å². The van der Waals surface area contributed by atoms with Crippen molar-refractivity contribution in [3.8, 4) is 5.75 Å². The molecule has 0 N–H and O–H groups in total. The molecule has 0 bridgehead atoms. The maximum absolute atomic E-state index is 5.38. The molecule has 0 unspecified atom stereocenters. The molecule has 0 radical (unpaired) electrons. The first-order chi connectivity index (χ1) is 8.29. The highest BCUT2D eigenvalue weighted by atomic mass is 32.1. The van der Waals surface area contributed by atoms with E-state index >= 15 is 0 Å². The van der Waals surface area contributed by atoms with Crippen molar-refractivity contribution in [1.82, 2.24) is 4.90 Å². The molecule has 0 atom stereocenters. The Morgan fingerprint density at radius 1 is 1.24 bits per heavy atom. The van der Waals surface area contributed by atoms with Gasteiger partial charge in [0.2, 0.25) is 0 Å². The van der Waals surface area contributed by atoms with Crippen molar-refractivity contribution in [2.24, 2.45) is 0 Å². The summed E-state index contributed by atoms with van der Waals surface area (Å²) < 4.78 is 5.12. The summed E-state index contributed by atoms with van der Waals surface area (Å²) in [6.07, 6.45) is 6.71. The molecule has 1 aliphatic heterocycles. The Labute approximate surface area is 108 Å². The van der Waals surface area contributed by atoms with Crippen molar-refractivity contribution in [2.45, 2.75) is 12.8 Å². The predicted molar refractivity (Wildman–Crippen MR) is 74.6 cm³/mol. The van der Waals surface area contributed by atoms with Crippen LogP contribution in [0.2, 0.25) is 0 Å². The van der Waals surface area contributed by atoms with Crippen LogP contribution in [0.15, 0.2) is 36.5 Å². The van der Waals surface area contributed by atoms with Gasteiger partial charge in [-0.1, -0.05) is 12.2 Å². The largest absolute Gasteiger partial charge is 0.497 e. The van der Waals surface area contributed by atoms with Crippen LogP contribution >= 0.6 is 12.2 Å². The minimum atomic E-state index is 0.861. The van der Waals surface area contributed by atoms with Crippen molar-refractivity contribution < 1.29 is 4.74 Å². The van der Waals surface area contributed by atoms with Crippen molar-refractivity contribution in [3.05, 3.63) is 42.1 Å². The van der Waals surface area contributed by atoms with Crippen LogP contribution in [0.4, 0.5) is 0 Å². The fraction of sp³-hybridized carbons (Fsp3) is 0.357. The lowest BCUT2D eigenvalue weighted by Gasteiger charge is -2.10. The second-order valence-electron chi connectivity index (χ2n) is 4.15. The van der Waals surface area contributed by atoms with E-state index in [4.69, 9.17) is 17.0 Å². The molecule has 0 amide bonds. The Kier molecular flexibility index (Phi) is 4.15. The lowest BCUT2D eigenvalue weighted by atomic mass is 10.1. The number of thiocarbonyl (C=S) groups is 1. The summed E-state index contributed by atoms with van der Waals surface area (Å²) in [5.41, 5.74) is 1.07. The molecular formula is C14H17NOS. The molecular weight excluding hydrogens is 230 g/mol. The van der Waals surface area contributed by atoms with Crippen LogP contribution < -0.4 is 4.74 Å².